The summed E-state index contributed by atoms with van der Waals surface area (Å²) in [5.41, 5.74) is 0.204. The largest absolute Gasteiger partial charge is 0.103 e. The van der Waals surface area contributed by atoms with Gasteiger partial charge in [-0.15, -0.1) is 6.58 Å². The Labute approximate surface area is 78.9 Å². The molecule has 0 aliphatic carbocycles. The van der Waals surface area contributed by atoms with Gasteiger partial charge in [0, 0.05) is 0 Å². The van der Waals surface area contributed by atoms with E-state index in [0.717, 1.165) is 6.42 Å². The molecule has 12 heavy (non-hydrogen) atoms. The molecule has 0 rings (SSSR count). The SMILES string of the molecule is [B]C(C)(CC=C)C(C)(C)CCC. The molecule has 1 heteroatoms. The quantitative estimate of drug-likeness (QED) is 0.429. The Bertz CT molecular complexity index is 145. The van der Waals surface area contributed by atoms with Gasteiger partial charge in [0.1, 0.15) is 0 Å². The monoisotopic (exact) mass is 164 g/mol. The lowest BCUT2D eigenvalue weighted by Crippen LogP contribution is -2.28. The fourth-order valence-corrected chi connectivity index (χ4v) is 1.49. The summed E-state index contributed by atoms with van der Waals surface area (Å²) in [6.07, 6.45) is 5.17. The number of rotatable bonds is 5. The average Bonchev–Trinajstić information content (AvgIpc) is 1.86. The van der Waals surface area contributed by atoms with Crippen LogP contribution in [0.3, 0.4) is 0 Å². The maximum Gasteiger partial charge on any atom is 0.0754 e. The molecule has 0 nitrogen and oxygen atoms in total. The van der Waals surface area contributed by atoms with Crippen molar-refractivity contribution >= 4 is 7.85 Å². The van der Waals surface area contributed by atoms with E-state index in [4.69, 9.17) is 7.85 Å². The highest BCUT2D eigenvalue weighted by molar-refractivity contribution is 6.15. The van der Waals surface area contributed by atoms with E-state index in [2.05, 4.69) is 34.3 Å². The highest BCUT2D eigenvalue weighted by atomic mass is 14.3. The van der Waals surface area contributed by atoms with E-state index < -0.39 is 0 Å². The summed E-state index contributed by atoms with van der Waals surface area (Å²) >= 11 is 0. The van der Waals surface area contributed by atoms with Gasteiger partial charge in [-0.05, 0) is 18.3 Å². The lowest BCUT2D eigenvalue weighted by molar-refractivity contribution is 0.229. The Morgan fingerprint density at radius 1 is 1.33 bits per heavy atom. The molecule has 68 valence electrons. The zero-order chi connectivity index (χ0) is 9.83. The number of allylic oxidation sites excluding steroid dienone is 1. The first kappa shape index (κ1) is 11.8. The molecular formula is C11H21B. The summed E-state index contributed by atoms with van der Waals surface area (Å²) in [7, 11) is 6.22. The fraction of sp³-hybridized carbons (Fsp3) is 0.818. The van der Waals surface area contributed by atoms with Gasteiger partial charge in [0.25, 0.3) is 0 Å². The van der Waals surface area contributed by atoms with Crippen LogP contribution in [0.15, 0.2) is 12.7 Å². The third-order valence-electron chi connectivity index (χ3n) is 2.99. The summed E-state index contributed by atoms with van der Waals surface area (Å²) in [5, 5.41) is -0.120. The van der Waals surface area contributed by atoms with Gasteiger partial charge >= 0.3 is 0 Å². The van der Waals surface area contributed by atoms with Crippen LogP contribution in [-0.4, -0.2) is 7.85 Å². The standard InChI is InChI=1S/C11H21B/c1-6-8-10(3,4)11(5,12)9-7-2/h7H,2,6,8-9H2,1,3-5H3. The molecule has 0 spiro atoms. The molecule has 0 aliphatic rings. The average molecular weight is 164 g/mol. The zero-order valence-electron chi connectivity index (χ0n) is 8.98. The first-order valence-electron chi connectivity index (χ1n) is 4.77. The molecule has 1 unspecified atom stereocenters. The van der Waals surface area contributed by atoms with Crippen molar-refractivity contribution in [3.05, 3.63) is 12.7 Å². The van der Waals surface area contributed by atoms with Gasteiger partial charge in [-0.2, -0.15) is 0 Å². The van der Waals surface area contributed by atoms with Gasteiger partial charge in [0.2, 0.25) is 0 Å². The van der Waals surface area contributed by atoms with Crippen LogP contribution in [0.4, 0.5) is 0 Å². The summed E-state index contributed by atoms with van der Waals surface area (Å²) < 4.78 is 0. The van der Waals surface area contributed by atoms with Gasteiger partial charge in [-0.3, -0.25) is 0 Å². The Hall–Kier alpha value is -0.195. The molecule has 1 atom stereocenters. The minimum Gasteiger partial charge on any atom is -0.103 e. The van der Waals surface area contributed by atoms with Crippen LogP contribution in [0, 0.1) is 5.41 Å². The Morgan fingerprint density at radius 3 is 2.17 bits per heavy atom. The van der Waals surface area contributed by atoms with Crippen LogP contribution in [-0.2, 0) is 0 Å². The first-order chi connectivity index (χ1) is 5.37. The van der Waals surface area contributed by atoms with Crippen molar-refractivity contribution in [1.29, 1.82) is 0 Å². The minimum atomic E-state index is -0.120. The first-order valence-corrected chi connectivity index (χ1v) is 4.77. The lowest BCUT2D eigenvalue weighted by Gasteiger charge is -2.42. The van der Waals surface area contributed by atoms with E-state index in [1.165, 1.54) is 12.8 Å². The van der Waals surface area contributed by atoms with E-state index in [0.29, 0.717) is 0 Å². The molecule has 0 aromatic carbocycles. The van der Waals surface area contributed by atoms with Gasteiger partial charge < -0.3 is 0 Å². The second-order valence-electron chi connectivity index (χ2n) is 4.54. The molecule has 0 fully saturated rings. The van der Waals surface area contributed by atoms with Crippen LogP contribution in [0.1, 0.15) is 47.0 Å². The van der Waals surface area contributed by atoms with Crippen molar-refractivity contribution in [3.8, 4) is 0 Å². The van der Waals surface area contributed by atoms with Crippen LogP contribution < -0.4 is 0 Å². The molecule has 0 aliphatic heterocycles. The maximum absolute atomic E-state index is 6.22. The maximum atomic E-state index is 6.22. The third kappa shape index (κ3) is 2.69. The van der Waals surface area contributed by atoms with Gasteiger partial charge in [-0.1, -0.05) is 45.5 Å². The minimum absolute atomic E-state index is 0.120. The van der Waals surface area contributed by atoms with E-state index >= 15 is 0 Å². The predicted molar refractivity (Wildman–Crippen MR) is 57.6 cm³/mol. The van der Waals surface area contributed by atoms with Crippen molar-refractivity contribution in [2.24, 2.45) is 5.41 Å². The highest BCUT2D eigenvalue weighted by Crippen LogP contribution is 2.48. The van der Waals surface area contributed by atoms with Crippen LogP contribution in [0.2, 0.25) is 5.31 Å². The Kier molecular flexibility index (Phi) is 4.09. The Morgan fingerprint density at radius 2 is 1.83 bits per heavy atom. The number of hydrogen-bond acceptors (Lipinski definition) is 0. The normalized spacial score (nSPS) is 17.0. The van der Waals surface area contributed by atoms with Gasteiger partial charge in [-0.25, -0.2) is 0 Å². The molecule has 0 aromatic rings. The molecule has 0 aromatic heterocycles. The van der Waals surface area contributed by atoms with E-state index in [1.54, 1.807) is 0 Å². The molecule has 2 radical (unpaired) electrons. The van der Waals surface area contributed by atoms with Gasteiger partial charge in [0.15, 0.2) is 0 Å². The van der Waals surface area contributed by atoms with Crippen LogP contribution >= 0.6 is 0 Å². The predicted octanol–water partition coefficient (Wildman–Crippen LogP) is 3.74. The van der Waals surface area contributed by atoms with Crippen molar-refractivity contribution in [2.45, 2.75) is 52.3 Å². The smallest absolute Gasteiger partial charge is 0.0754 e. The van der Waals surface area contributed by atoms with Gasteiger partial charge in [0.05, 0.1) is 7.85 Å². The molecule has 0 heterocycles. The summed E-state index contributed by atoms with van der Waals surface area (Å²) in [6, 6.07) is 0. The summed E-state index contributed by atoms with van der Waals surface area (Å²) in [4.78, 5) is 0. The van der Waals surface area contributed by atoms with Crippen molar-refractivity contribution < 1.29 is 0 Å². The lowest BCUT2D eigenvalue weighted by atomic mass is 9.52. The van der Waals surface area contributed by atoms with E-state index in [1.807, 2.05) is 6.08 Å². The fourth-order valence-electron chi connectivity index (χ4n) is 1.49. The second-order valence-corrected chi connectivity index (χ2v) is 4.54. The van der Waals surface area contributed by atoms with E-state index in [9.17, 15) is 0 Å². The van der Waals surface area contributed by atoms with Crippen LogP contribution in [0.25, 0.3) is 0 Å². The zero-order valence-corrected chi connectivity index (χ0v) is 8.98. The van der Waals surface area contributed by atoms with Crippen LogP contribution in [0.5, 0.6) is 0 Å². The molecule has 0 saturated carbocycles. The van der Waals surface area contributed by atoms with Crippen molar-refractivity contribution in [3.63, 3.8) is 0 Å². The van der Waals surface area contributed by atoms with Crippen molar-refractivity contribution in [1.82, 2.24) is 0 Å². The molecule has 0 amide bonds. The molecule has 0 N–H and O–H groups in total. The second kappa shape index (κ2) is 4.16. The van der Waals surface area contributed by atoms with Crippen molar-refractivity contribution in [2.75, 3.05) is 0 Å². The molecule has 0 bridgehead atoms. The molecular weight excluding hydrogens is 143 g/mol. The summed E-state index contributed by atoms with van der Waals surface area (Å²) in [5.74, 6) is 0. The summed E-state index contributed by atoms with van der Waals surface area (Å²) in [6.45, 7) is 12.5. The topological polar surface area (TPSA) is 0 Å². The number of hydrogen-bond donors (Lipinski definition) is 0. The third-order valence-corrected chi connectivity index (χ3v) is 2.99. The Balaban J connectivity index is 4.38. The molecule has 0 saturated heterocycles. The van der Waals surface area contributed by atoms with E-state index in [-0.39, 0.29) is 10.7 Å². The highest BCUT2D eigenvalue weighted by Gasteiger charge is 2.33.